The number of amides is 2. The van der Waals surface area contributed by atoms with Gasteiger partial charge in [0.25, 0.3) is 11.8 Å². The zero-order chi connectivity index (χ0) is 29.3. The van der Waals surface area contributed by atoms with Gasteiger partial charge in [-0.15, -0.1) is 0 Å². The fraction of sp³-hybridized carbons (Fsp3) is 0.179. The van der Waals surface area contributed by atoms with Crippen LogP contribution in [0.5, 0.6) is 17.2 Å². The summed E-state index contributed by atoms with van der Waals surface area (Å²) in [6.45, 7) is 1.52. The lowest BCUT2D eigenvalue weighted by Crippen LogP contribution is -2.20. The SMILES string of the molecule is CCOc1cc(/C=C(\C#N)C(=O)Nc2cccc(C(F)(F)F)c2)cc(Cl)c1OCC(=O)Nc1ccc(OC)cc1. The number of nitrogens with one attached hydrogen (secondary N) is 2. The normalized spacial score (nSPS) is 11.3. The number of nitriles is 1. The van der Waals surface area contributed by atoms with Crippen molar-refractivity contribution in [3.63, 3.8) is 0 Å². The molecule has 0 bridgehead atoms. The first-order valence-electron chi connectivity index (χ1n) is 11.7. The number of benzene rings is 3. The van der Waals surface area contributed by atoms with Crippen molar-refractivity contribution in [1.82, 2.24) is 0 Å². The van der Waals surface area contributed by atoms with Crippen molar-refractivity contribution in [1.29, 1.82) is 5.26 Å². The maximum atomic E-state index is 13.0. The summed E-state index contributed by atoms with van der Waals surface area (Å²) >= 11 is 6.37. The molecule has 0 aliphatic carbocycles. The van der Waals surface area contributed by atoms with E-state index in [-0.39, 0.29) is 34.4 Å². The number of hydrogen-bond acceptors (Lipinski definition) is 6. The van der Waals surface area contributed by atoms with E-state index in [1.807, 2.05) is 0 Å². The van der Waals surface area contributed by atoms with Gasteiger partial charge in [-0.25, -0.2) is 0 Å². The molecule has 3 rings (SSSR count). The lowest BCUT2D eigenvalue weighted by atomic mass is 10.1. The van der Waals surface area contributed by atoms with Crippen molar-refractivity contribution < 1.29 is 37.0 Å². The van der Waals surface area contributed by atoms with Crippen molar-refractivity contribution in [2.24, 2.45) is 0 Å². The number of anilines is 2. The van der Waals surface area contributed by atoms with Crippen LogP contribution in [0.1, 0.15) is 18.1 Å². The summed E-state index contributed by atoms with van der Waals surface area (Å²) in [6, 6.07) is 15.3. The van der Waals surface area contributed by atoms with E-state index < -0.39 is 35.7 Å². The highest BCUT2D eigenvalue weighted by Crippen LogP contribution is 2.37. The smallest absolute Gasteiger partial charge is 0.416 e. The first-order chi connectivity index (χ1) is 19.0. The number of methoxy groups -OCH3 is 1. The molecular formula is C28H23ClF3N3O5. The molecule has 2 N–H and O–H groups in total. The van der Waals surface area contributed by atoms with E-state index in [1.165, 1.54) is 31.4 Å². The van der Waals surface area contributed by atoms with Gasteiger partial charge in [0.15, 0.2) is 18.1 Å². The Morgan fingerprint density at radius 3 is 2.38 bits per heavy atom. The second kappa shape index (κ2) is 13.4. The van der Waals surface area contributed by atoms with Crippen LogP contribution >= 0.6 is 11.6 Å². The molecule has 208 valence electrons. The Morgan fingerprint density at radius 2 is 1.75 bits per heavy atom. The van der Waals surface area contributed by atoms with Gasteiger partial charge in [-0.3, -0.25) is 9.59 Å². The molecule has 0 atom stereocenters. The van der Waals surface area contributed by atoms with Crippen molar-refractivity contribution in [2.75, 3.05) is 31.0 Å². The van der Waals surface area contributed by atoms with Crippen LogP contribution in [0, 0.1) is 11.3 Å². The molecule has 0 saturated carbocycles. The Morgan fingerprint density at radius 1 is 1.02 bits per heavy atom. The molecule has 0 heterocycles. The van der Waals surface area contributed by atoms with E-state index in [0.717, 1.165) is 18.2 Å². The van der Waals surface area contributed by atoms with Crippen molar-refractivity contribution >= 4 is 40.9 Å². The molecule has 0 aliphatic heterocycles. The maximum Gasteiger partial charge on any atom is 0.416 e. The third kappa shape index (κ3) is 8.15. The average Bonchev–Trinajstić information content (AvgIpc) is 2.91. The highest BCUT2D eigenvalue weighted by Gasteiger charge is 2.30. The lowest BCUT2D eigenvalue weighted by molar-refractivity contribution is -0.137. The average molecular weight is 574 g/mol. The Bertz CT molecular complexity index is 1450. The summed E-state index contributed by atoms with van der Waals surface area (Å²) in [5.74, 6) is -0.548. The Kier molecular flexibility index (Phi) is 10.00. The summed E-state index contributed by atoms with van der Waals surface area (Å²) in [5, 5.41) is 14.5. The number of rotatable bonds is 10. The molecule has 8 nitrogen and oxygen atoms in total. The van der Waals surface area contributed by atoms with Gasteiger partial charge in [-0.05, 0) is 73.2 Å². The molecule has 0 spiro atoms. The third-order valence-corrected chi connectivity index (χ3v) is 5.46. The molecule has 0 fully saturated rings. The minimum atomic E-state index is -4.60. The third-order valence-electron chi connectivity index (χ3n) is 5.18. The number of hydrogen-bond donors (Lipinski definition) is 2. The maximum absolute atomic E-state index is 13.0. The number of carbonyl (C=O) groups is 2. The molecule has 0 aliphatic rings. The number of ether oxygens (including phenoxy) is 3. The van der Waals surface area contributed by atoms with Gasteiger partial charge >= 0.3 is 6.18 Å². The predicted octanol–water partition coefficient (Wildman–Crippen LogP) is 6.33. The van der Waals surface area contributed by atoms with Crippen LogP contribution in [0.25, 0.3) is 6.08 Å². The zero-order valence-corrected chi connectivity index (χ0v) is 22.0. The van der Waals surface area contributed by atoms with Gasteiger partial charge in [-0.1, -0.05) is 17.7 Å². The van der Waals surface area contributed by atoms with Crippen molar-refractivity contribution in [3.05, 3.63) is 82.4 Å². The Balaban J connectivity index is 1.76. The van der Waals surface area contributed by atoms with Crippen LogP contribution in [-0.4, -0.2) is 32.1 Å². The summed E-state index contributed by atoms with van der Waals surface area (Å²) in [5.41, 5.74) is -0.680. The number of nitrogens with zero attached hydrogens (tertiary/aromatic N) is 1. The van der Waals surface area contributed by atoms with Gasteiger partial charge < -0.3 is 24.8 Å². The van der Waals surface area contributed by atoms with Crippen LogP contribution in [0.15, 0.2) is 66.2 Å². The Labute approximate surface area is 232 Å². The van der Waals surface area contributed by atoms with Gasteiger partial charge in [-0.2, -0.15) is 18.4 Å². The van der Waals surface area contributed by atoms with Gasteiger partial charge in [0.2, 0.25) is 0 Å². The molecule has 0 radical (unpaired) electrons. The second-order valence-electron chi connectivity index (χ2n) is 8.03. The first-order valence-corrected chi connectivity index (χ1v) is 12.0. The first kappa shape index (κ1) is 29.9. The van der Waals surface area contributed by atoms with Crippen LogP contribution in [-0.2, 0) is 15.8 Å². The predicted molar refractivity (Wildman–Crippen MR) is 143 cm³/mol. The Hall–Kier alpha value is -4.69. The fourth-order valence-corrected chi connectivity index (χ4v) is 3.64. The minimum Gasteiger partial charge on any atom is -0.497 e. The number of carbonyl (C=O) groups excluding carboxylic acids is 2. The van der Waals surface area contributed by atoms with Gasteiger partial charge in [0, 0.05) is 11.4 Å². The van der Waals surface area contributed by atoms with E-state index >= 15 is 0 Å². The highest BCUT2D eigenvalue weighted by atomic mass is 35.5. The number of halogens is 4. The topological polar surface area (TPSA) is 110 Å². The molecule has 3 aromatic carbocycles. The molecule has 12 heteroatoms. The van der Waals surface area contributed by atoms with E-state index in [2.05, 4.69) is 10.6 Å². The largest absolute Gasteiger partial charge is 0.497 e. The van der Waals surface area contributed by atoms with E-state index in [0.29, 0.717) is 11.4 Å². The minimum absolute atomic E-state index is 0.0324. The fourth-order valence-electron chi connectivity index (χ4n) is 3.37. The molecule has 3 aromatic rings. The molecule has 0 aromatic heterocycles. The summed E-state index contributed by atoms with van der Waals surface area (Å²) < 4.78 is 55.2. The molecule has 0 saturated heterocycles. The number of alkyl halides is 3. The van der Waals surface area contributed by atoms with Crippen molar-refractivity contribution in [3.8, 4) is 23.3 Å². The molecular weight excluding hydrogens is 551 g/mol. The van der Waals surface area contributed by atoms with Crippen LogP contribution in [0.4, 0.5) is 24.5 Å². The molecule has 0 unspecified atom stereocenters. The zero-order valence-electron chi connectivity index (χ0n) is 21.3. The van der Waals surface area contributed by atoms with Crippen LogP contribution < -0.4 is 24.8 Å². The molecule has 40 heavy (non-hydrogen) atoms. The molecule has 2 amide bonds. The van der Waals surface area contributed by atoms with Gasteiger partial charge in [0.05, 0.1) is 24.3 Å². The summed E-state index contributed by atoms with van der Waals surface area (Å²) in [7, 11) is 1.53. The second-order valence-corrected chi connectivity index (χ2v) is 8.44. The quantitative estimate of drug-likeness (QED) is 0.217. The van der Waals surface area contributed by atoms with E-state index in [9.17, 15) is 28.0 Å². The standard InChI is InChI=1S/C28H23ClF3N3O5/c1-3-39-24-13-17(11-18(15-33)27(37)35-21-6-4-5-19(14-21)28(30,31)32)12-23(29)26(24)40-16-25(36)34-20-7-9-22(38-2)10-8-20/h4-14H,3,16H2,1-2H3,(H,34,36)(H,35,37)/b18-11+. The van der Waals surface area contributed by atoms with Crippen molar-refractivity contribution in [2.45, 2.75) is 13.1 Å². The highest BCUT2D eigenvalue weighted by molar-refractivity contribution is 6.32. The van der Waals surface area contributed by atoms with E-state index in [1.54, 1.807) is 37.3 Å². The lowest BCUT2D eigenvalue weighted by Gasteiger charge is -2.15. The summed E-state index contributed by atoms with van der Waals surface area (Å²) in [4.78, 5) is 25.0. The van der Waals surface area contributed by atoms with Gasteiger partial charge in [0.1, 0.15) is 17.4 Å². The van der Waals surface area contributed by atoms with E-state index in [4.69, 9.17) is 25.8 Å². The van der Waals surface area contributed by atoms with Crippen LogP contribution in [0.3, 0.4) is 0 Å². The monoisotopic (exact) mass is 573 g/mol. The summed E-state index contributed by atoms with van der Waals surface area (Å²) in [6.07, 6.45) is -3.40. The van der Waals surface area contributed by atoms with Crippen LogP contribution in [0.2, 0.25) is 5.02 Å².